The maximum absolute atomic E-state index is 6.12. The molecule has 1 N–H and O–H groups in total. The second kappa shape index (κ2) is 5.94. The van der Waals surface area contributed by atoms with E-state index in [4.69, 9.17) is 4.74 Å². The molecule has 3 saturated heterocycles. The summed E-state index contributed by atoms with van der Waals surface area (Å²) in [7, 11) is 0. The fraction of sp³-hybridized carbons (Fsp3) is 1.00. The maximum atomic E-state index is 6.12. The number of nitrogens with zero attached hydrogens (tertiary/aromatic N) is 1. The van der Waals surface area contributed by atoms with Gasteiger partial charge in [0.15, 0.2) is 0 Å². The molecule has 2 bridgehead atoms. The van der Waals surface area contributed by atoms with Gasteiger partial charge in [0.2, 0.25) is 0 Å². The molecule has 0 amide bonds. The zero-order valence-electron chi connectivity index (χ0n) is 13.6. The molecule has 0 aromatic heterocycles. The summed E-state index contributed by atoms with van der Waals surface area (Å²) in [5.74, 6) is 1.50. The third-order valence-corrected chi connectivity index (χ3v) is 5.50. The van der Waals surface area contributed by atoms with E-state index in [2.05, 4.69) is 37.9 Å². The number of piperazine rings is 1. The molecule has 3 aliphatic rings. The molecule has 0 radical (unpaired) electrons. The van der Waals surface area contributed by atoms with Gasteiger partial charge in [-0.2, -0.15) is 0 Å². The lowest BCUT2D eigenvalue weighted by Gasteiger charge is -2.47. The van der Waals surface area contributed by atoms with E-state index in [0.717, 1.165) is 18.4 Å². The number of hydrogen-bond acceptors (Lipinski definition) is 3. The minimum Gasteiger partial charge on any atom is -0.373 e. The molecule has 3 fully saturated rings. The Morgan fingerprint density at radius 2 is 2.00 bits per heavy atom. The first-order valence-corrected chi connectivity index (χ1v) is 8.69. The summed E-state index contributed by atoms with van der Waals surface area (Å²) in [6.45, 7) is 11.8. The predicted octanol–water partition coefficient (Wildman–Crippen LogP) is 2.65. The van der Waals surface area contributed by atoms with E-state index in [1.165, 1.54) is 32.2 Å². The van der Waals surface area contributed by atoms with Crippen molar-refractivity contribution in [3.8, 4) is 0 Å². The van der Waals surface area contributed by atoms with Crippen LogP contribution in [0, 0.1) is 11.8 Å². The minimum absolute atomic E-state index is 0.527. The summed E-state index contributed by atoms with van der Waals surface area (Å²) >= 11 is 0. The highest BCUT2D eigenvalue weighted by Gasteiger charge is 2.46. The Balaban J connectivity index is 1.69. The molecular weight excluding hydrogens is 248 g/mol. The van der Waals surface area contributed by atoms with Gasteiger partial charge >= 0.3 is 0 Å². The van der Waals surface area contributed by atoms with Gasteiger partial charge in [0.25, 0.3) is 0 Å². The summed E-state index contributed by atoms with van der Waals surface area (Å²) in [6, 6.07) is 2.05. The lowest BCUT2D eigenvalue weighted by Crippen LogP contribution is -2.62. The van der Waals surface area contributed by atoms with Crippen LogP contribution in [0.25, 0.3) is 0 Å². The van der Waals surface area contributed by atoms with Crippen LogP contribution < -0.4 is 5.32 Å². The summed E-state index contributed by atoms with van der Waals surface area (Å²) in [5.41, 5.74) is 0. The summed E-state index contributed by atoms with van der Waals surface area (Å²) in [4.78, 5) is 2.82. The van der Waals surface area contributed by atoms with Crippen LogP contribution in [0.2, 0.25) is 0 Å². The van der Waals surface area contributed by atoms with Gasteiger partial charge in [-0.05, 0) is 37.5 Å². The number of ether oxygens (including phenoxy) is 1. The van der Waals surface area contributed by atoms with Crippen molar-refractivity contribution in [1.82, 2.24) is 10.2 Å². The number of nitrogens with one attached hydrogen (secondary N) is 1. The Bertz CT molecular complexity index is 331. The van der Waals surface area contributed by atoms with Crippen molar-refractivity contribution in [2.45, 2.75) is 83.7 Å². The number of fused-ring (bicyclic) bond motifs is 2. The van der Waals surface area contributed by atoms with Crippen LogP contribution in [0.3, 0.4) is 0 Å². The fourth-order valence-corrected chi connectivity index (χ4v) is 4.55. The van der Waals surface area contributed by atoms with E-state index in [-0.39, 0.29) is 0 Å². The number of rotatable bonds is 4. The van der Waals surface area contributed by atoms with Crippen molar-refractivity contribution in [3.05, 3.63) is 0 Å². The van der Waals surface area contributed by atoms with Crippen molar-refractivity contribution in [2.24, 2.45) is 11.8 Å². The summed E-state index contributed by atoms with van der Waals surface area (Å²) in [6.07, 6.45) is 6.26. The molecule has 116 valence electrons. The summed E-state index contributed by atoms with van der Waals surface area (Å²) in [5, 5.41) is 3.80. The first kappa shape index (κ1) is 14.8. The largest absolute Gasteiger partial charge is 0.373 e. The van der Waals surface area contributed by atoms with Crippen molar-refractivity contribution < 1.29 is 4.74 Å². The zero-order chi connectivity index (χ0) is 14.3. The molecule has 0 spiro atoms. The Morgan fingerprint density at radius 3 is 2.55 bits per heavy atom. The monoisotopic (exact) mass is 280 g/mol. The number of hydrogen-bond donors (Lipinski definition) is 1. The first-order chi connectivity index (χ1) is 9.54. The van der Waals surface area contributed by atoms with Crippen molar-refractivity contribution in [3.63, 3.8) is 0 Å². The second-order valence-corrected chi connectivity index (χ2v) is 7.92. The van der Waals surface area contributed by atoms with Gasteiger partial charge in [0.05, 0.1) is 12.2 Å². The molecule has 0 aromatic carbocycles. The van der Waals surface area contributed by atoms with Gasteiger partial charge in [0.1, 0.15) is 0 Å². The van der Waals surface area contributed by atoms with Crippen LogP contribution in [0.15, 0.2) is 0 Å². The zero-order valence-corrected chi connectivity index (χ0v) is 13.6. The topological polar surface area (TPSA) is 24.5 Å². The van der Waals surface area contributed by atoms with E-state index in [1.54, 1.807) is 0 Å². The SMILES string of the molecule is CC(C)CC1CN(C2CC3CCC2O3)C(C(C)C)CN1. The Kier molecular flexibility index (Phi) is 4.40. The third-order valence-electron chi connectivity index (χ3n) is 5.50. The molecule has 3 nitrogen and oxygen atoms in total. The van der Waals surface area contributed by atoms with E-state index in [9.17, 15) is 0 Å². The van der Waals surface area contributed by atoms with Crippen LogP contribution in [0.1, 0.15) is 53.4 Å². The van der Waals surface area contributed by atoms with Crippen LogP contribution >= 0.6 is 0 Å². The molecule has 20 heavy (non-hydrogen) atoms. The van der Waals surface area contributed by atoms with Gasteiger partial charge in [0, 0.05) is 31.2 Å². The highest BCUT2D eigenvalue weighted by Crippen LogP contribution is 2.39. The van der Waals surface area contributed by atoms with E-state index in [0.29, 0.717) is 30.3 Å². The van der Waals surface area contributed by atoms with Crippen LogP contribution in [0.5, 0.6) is 0 Å². The van der Waals surface area contributed by atoms with Crippen molar-refractivity contribution in [1.29, 1.82) is 0 Å². The average molecular weight is 280 g/mol. The van der Waals surface area contributed by atoms with Crippen LogP contribution in [-0.2, 0) is 4.74 Å². The van der Waals surface area contributed by atoms with E-state index in [1.807, 2.05) is 0 Å². The van der Waals surface area contributed by atoms with Gasteiger partial charge in [-0.3, -0.25) is 4.90 Å². The molecule has 3 heteroatoms. The second-order valence-electron chi connectivity index (χ2n) is 7.92. The maximum Gasteiger partial charge on any atom is 0.0736 e. The Labute approximate surface area is 124 Å². The van der Waals surface area contributed by atoms with Gasteiger partial charge in [-0.15, -0.1) is 0 Å². The molecular formula is C17H32N2O. The van der Waals surface area contributed by atoms with Crippen LogP contribution in [0.4, 0.5) is 0 Å². The highest BCUT2D eigenvalue weighted by atomic mass is 16.5. The summed E-state index contributed by atoms with van der Waals surface area (Å²) < 4.78 is 6.12. The standard InChI is InChI=1S/C17H32N2O/c1-11(2)7-13-10-19(16(9-18-13)12(3)4)15-8-14-5-6-17(15)20-14/h11-18H,5-10H2,1-4H3. The molecule has 3 rings (SSSR count). The smallest absolute Gasteiger partial charge is 0.0736 e. The Morgan fingerprint density at radius 1 is 1.20 bits per heavy atom. The lowest BCUT2D eigenvalue weighted by atomic mass is 9.88. The molecule has 0 aromatic rings. The quantitative estimate of drug-likeness (QED) is 0.857. The minimum atomic E-state index is 0.527. The van der Waals surface area contributed by atoms with Gasteiger partial charge in [-0.1, -0.05) is 27.7 Å². The normalized spacial score (nSPS) is 42.0. The molecule has 0 aliphatic carbocycles. The van der Waals surface area contributed by atoms with E-state index < -0.39 is 0 Å². The fourth-order valence-electron chi connectivity index (χ4n) is 4.55. The first-order valence-electron chi connectivity index (χ1n) is 8.69. The molecule has 3 heterocycles. The molecule has 5 unspecified atom stereocenters. The van der Waals surface area contributed by atoms with Crippen molar-refractivity contribution >= 4 is 0 Å². The van der Waals surface area contributed by atoms with Crippen molar-refractivity contribution in [2.75, 3.05) is 13.1 Å². The Hall–Kier alpha value is -0.120. The molecule has 3 aliphatic heterocycles. The molecule has 0 saturated carbocycles. The van der Waals surface area contributed by atoms with Crippen LogP contribution in [-0.4, -0.2) is 48.3 Å². The predicted molar refractivity (Wildman–Crippen MR) is 82.9 cm³/mol. The molecule has 5 atom stereocenters. The van der Waals surface area contributed by atoms with E-state index >= 15 is 0 Å². The van der Waals surface area contributed by atoms with Gasteiger partial charge < -0.3 is 10.1 Å². The van der Waals surface area contributed by atoms with Gasteiger partial charge in [-0.25, -0.2) is 0 Å². The average Bonchev–Trinajstić information content (AvgIpc) is 2.99. The highest BCUT2D eigenvalue weighted by molar-refractivity contribution is 5.00. The third kappa shape index (κ3) is 2.90. The lowest BCUT2D eigenvalue weighted by molar-refractivity contribution is 0.0137.